The number of alkyl halides is 1. The second-order valence-corrected chi connectivity index (χ2v) is 4.92. The van der Waals surface area contributed by atoms with Gasteiger partial charge in [0.15, 0.2) is 0 Å². The van der Waals surface area contributed by atoms with Crippen molar-refractivity contribution in [2.45, 2.75) is 19.3 Å². The van der Waals surface area contributed by atoms with E-state index in [1.54, 1.807) is 11.3 Å². The molecule has 1 aromatic heterocycles. The van der Waals surface area contributed by atoms with Gasteiger partial charge in [-0.15, -0.1) is 11.6 Å². The Hall–Kier alpha value is -1.19. The van der Waals surface area contributed by atoms with Crippen LogP contribution in [0.1, 0.15) is 18.1 Å². The third kappa shape index (κ3) is 3.40. The van der Waals surface area contributed by atoms with Gasteiger partial charge in [0.1, 0.15) is 5.75 Å². The van der Waals surface area contributed by atoms with Gasteiger partial charge in [0.25, 0.3) is 0 Å². The number of nitrogens with one attached hydrogen (secondary N) is 1. The van der Waals surface area contributed by atoms with Crippen LogP contribution in [0.5, 0.6) is 5.75 Å². The van der Waals surface area contributed by atoms with Gasteiger partial charge >= 0.3 is 0 Å². The van der Waals surface area contributed by atoms with Gasteiger partial charge in [-0.3, -0.25) is 0 Å². The van der Waals surface area contributed by atoms with Crippen molar-refractivity contribution in [2.75, 3.05) is 11.9 Å². The third-order valence-electron chi connectivity index (χ3n) is 2.58. The molecule has 0 saturated heterocycles. The van der Waals surface area contributed by atoms with E-state index in [1.165, 1.54) is 5.56 Å². The zero-order valence-corrected chi connectivity index (χ0v) is 11.9. The minimum absolute atomic E-state index is 0.462. The molecular formula is C14H16ClNOS. The molecule has 1 N–H and O–H groups in total. The first-order chi connectivity index (χ1) is 8.83. The lowest BCUT2D eigenvalue weighted by atomic mass is 10.2. The van der Waals surface area contributed by atoms with Crippen LogP contribution in [0.4, 0.5) is 5.69 Å². The van der Waals surface area contributed by atoms with E-state index in [9.17, 15) is 0 Å². The van der Waals surface area contributed by atoms with Crippen molar-refractivity contribution in [1.29, 1.82) is 0 Å². The summed E-state index contributed by atoms with van der Waals surface area (Å²) in [5.41, 5.74) is 3.38. The molecule has 0 fully saturated rings. The molecule has 1 heterocycles. The molecule has 96 valence electrons. The van der Waals surface area contributed by atoms with Gasteiger partial charge in [0.2, 0.25) is 0 Å². The highest BCUT2D eigenvalue weighted by Gasteiger charge is 2.04. The number of halogens is 1. The first-order valence-corrected chi connectivity index (χ1v) is 7.38. The van der Waals surface area contributed by atoms with E-state index in [2.05, 4.69) is 22.1 Å². The van der Waals surface area contributed by atoms with Gasteiger partial charge in [-0.1, -0.05) is 0 Å². The van der Waals surface area contributed by atoms with Crippen LogP contribution in [0.25, 0.3) is 0 Å². The number of anilines is 1. The SMILES string of the molecule is CCOc1ccc(NCc2ccsc2)cc1CCl. The Labute approximate surface area is 117 Å². The predicted octanol–water partition coefficient (Wildman–Crippen LogP) is 4.50. The standard InChI is InChI=1S/C14H16ClNOS/c1-2-17-14-4-3-13(7-12(14)8-15)16-9-11-5-6-18-10-11/h3-7,10,16H,2,8-9H2,1H3. The van der Waals surface area contributed by atoms with Gasteiger partial charge in [0.05, 0.1) is 12.5 Å². The number of hydrogen-bond donors (Lipinski definition) is 1. The Bertz CT molecular complexity index is 485. The fourth-order valence-corrected chi connectivity index (χ4v) is 2.56. The summed E-state index contributed by atoms with van der Waals surface area (Å²) in [6.45, 7) is 3.46. The van der Waals surface area contributed by atoms with E-state index in [1.807, 2.05) is 25.1 Å². The molecule has 0 aliphatic rings. The number of hydrogen-bond acceptors (Lipinski definition) is 3. The van der Waals surface area contributed by atoms with Crippen molar-refractivity contribution in [2.24, 2.45) is 0 Å². The highest BCUT2D eigenvalue weighted by Crippen LogP contribution is 2.25. The van der Waals surface area contributed by atoms with Gasteiger partial charge in [0, 0.05) is 17.8 Å². The zero-order chi connectivity index (χ0) is 12.8. The highest BCUT2D eigenvalue weighted by molar-refractivity contribution is 7.07. The molecule has 0 amide bonds. The second-order valence-electron chi connectivity index (χ2n) is 3.87. The lowest BCUT2D eigenvalue weighted by Crippen LogP contribution is -2.00. The molecule has 0 aliphatic carbocycles. The Balaban J connectivity index is 2.05. The third-order valence-corrected chi connectivity index (χ3v) is 3.60. The maximum atomic E-state index is 5.93. The summed E-state index contributed by atoms with van der Waals surface area (Å²) in [7, 11) is 0. The van der Waals surface area contributed by atoms with Gasteiger partial charge < -0.3 is 10.1 Å². The number of rotatable bonds is 6. The van der Waals surface area contributed by atoms with Crippen molar-refractivity contribution < 1.29 is 4.74 Å². The molecule has 0 bridgehead atoms. The number of thiophene rings is 1. The van der Waals surface area contributed by atoms with E-state index >= 15 is 0 Å². The molecule has 2 aromatic rings. The topological polar surface area (TPSA) is 21.3 Å². The summed E-state index contributed by atoms with van der Waals surface area (Å²) >= 11 is 7.64. The summed E-state index contributed by atoms with van der Waals surface area (Å²) in [6, 6.07) is 8.16. The number of benzene rings is 1. The average Bonchev–Trinajstić information content (AvgIpc) is 2.91. The summed E-state index contributed by atoms with van der Waals surface area (Å²) in [5.74, 6) is 1.33. The Morgan fingerprint density at radius 3 is 2.89 bits per heavy atom. The normalized spacial score (nSPS) is 10.3. The van der Waals surface area contributed by atoms with E-state index in [0.29, 0.717) is 12.5 Å². The predicted molar refractivity (Wildman–Crippen MR) is 78.8 cm³/mol. The van der Waals surface area contributed by atoms with Gasteiger partial charge in [-0.05, 0) is 47.5 Å². The first kappa shape index (κ1) is 13.2. The molecular weight excluding hydrogens is 266 g/mol. The van der Waals surface area contributed by atoms with Crippen molar-refractivity contribution in [3.63, 3.8) is 0 Å². The molecule has 0 spiro atoms. The maximum absolute atomic E-state index is 5.93. The summed E-state index contributed by atoms with van der Waals surface area (Å²) in [4.78, 5) is 0. The highest BCUT2D eigenvalue weighted by atomic mass is 35.5. The molecule has 18 heavy (non-hydrogen) atoms. The van der Waals surface area contributed by atoms with E-state index in [-0.39, 0.29) is 0 Å². The maximum Gasteiger partial charge on any atom is 0.123 e. The molecule has 1 aromatic carbocycles. The van der Waals surface area contributed by atoms with Crippen molar-refractivity contribution in [3.05, 3.63) is 46.2 Å². The zero-order valence-electron chi connectivity index (χ0n) is 10.3. The fourth-order valence-electron chi connectivity index (χ4n) is 1.69. The van der Waals surface area contributed by atoms with Crippen LogP contribution in [0.15, 0.2) is 35.0 Å². The van der Waals surface area contributed by atoms with Gasteiger partial charge in [-0.2, -0.15) is 11.3 Å². The summed E-state index contributed by atoms with van der Waals surface area (Å²) < 4.78 is 5.52. The molecule has 2 rings (SSSR count). The minimum atomic E-state index is 0.462. The summed E-state index contributed by atoms with van der Waals surface area (Å²) in [6.07, 6.45) is 0. The van der Waals surface area contributed by atoms with E-state index < -0.39 is 0 Å². The van der Waals surface area contributed by atoms with Crippen molar-refractivity contribution in [3.8, 4) is 5.75 Å². The van der Waals surface area contributed by atoms with Crippen LogP contribution in [0, 0.1) is 0 Å². The van der Waals surface area contributed by atoms with Crippen LogP contribution in [0.2, 0.25) is 0 Å². The molecule has 4 heteroatoms. The molecule has 0 radical (unpaired) electrons. The first-order valence-electron chi connectivity index (χ1n) is 5.90. The lowest BCUT2D eigenvalue weighted by molar-refractivity contribution is 0.337. The van der Waals surface area contributed by atoms with Gasteiger partial charge in [-0.25, -0.2) is 0 Å². The average molecular weight is 282 g/mol. The molecule has 0 saturated carbocycles. The Morgan fingerprint density at radius 2 is 2.22 bits per heavy atom. The van der Waals surface area contributed by atoms with Crippen LogP contribution in [0.3, 0.4) is 0 Å². The quantitative estimate of drug-likeness (QED) is 0.787. The van der Waals surface area contributed by atoms with E-state index in [4.69, 9.17) is 16.3 Å². The van der Waals surface area contributed by atoms with Crippen LogP contribution in [-0.4, -0.2) is 6.61 Å². The Morgan fingerprint density at radius 1 is 1.33 bits per heavy atom. The molecule has 0 atom stereocenters. The minimum Gasteiger partial charge on any atom is -0.494 e. The van der Waals surface area contributed by atoms with Crippen LogP contribution >= 0.6 is 22.9 Å². The smallest absolute Gasteiger partial charge is 0.123 e. The van der Waals surface area contributed by atoms with Crippen molar-refractivity contribution in [1.82, 2.24) is 0 Å². The molecule has 0 aliphatic heterocycles. The molecule has 2 nitrogen and oxygen atoms in total. The second kappa shape index (κ2) is 6.66. The fraction of sp³-hybridized carbons (Fsp3) is 0.286. The monoisotopic (exact) mass is 281 g/mol. The van der Waals surface area contributed by atoms with E-state index in [0.717, 1.165) is 23.5 Å². The Kier molecular flexibility index (Phi) is 4.90. The lowest BCUT2D eigenvalue weighted by Gasteiger charge is -2.11. The largest absolute Gasteiger partial charge is 0.494 e. The molecule has 0 unspecified atom stereocenters. The van der Waals surface area contributed by atoms with Crippen molar-refractivity contribution >= 4 is 28.6 Å². The van der Waals surface area contributed by atoms with Crippen LogP contribution in [-0.2, 0) is 12.4 Å². The van der Waals surface area contributed by atoms with Crippen LogP contribution < -0.4 is 10.1 Å². The summed E-state index contributed by atoms with van der Waals surface area (Å²) in [5, 5.41) is 7.61. The number of ether oxygens (including phenoxy) is 1.